The summed E-state index contributed by atoms with van der Waals surface area (Å²) in [7, 11) is 0. The van der Waals surface area contributed by atoms with E-state index >= 15 is 0 Å². The molecule has 18 heavy (non-hydrogen) atoms. The Labute approximate surface area is 109 Å². The quantitative estimate of drug-likeness (QED) is 0.837. The van der Waals surface area contributed by atoms with Crippen molar-refractivity contribution in [2.24, 2.45) is 4.99 Å². The maximum Gasteiger partial charge on any atom is 0.192 e. The summed E-state index contributed by atoms with van der Waals surface area (Å²) in [4.78, 5) is 4.78. The predicted octanol–water partition coefficient (Wildman–Crippen LogP) is 2.44. The molecule has 3 nitrogen and oxygen atoms in total. The maximum absolute atomic E-state index is 4.78. The van der Waals surface area contributed by atoms with Crippen LogP contribution in [-0.2, 0) is 6.54 Å². The van der Waals surface area contributed by atoms with Crippen LogP contribution < -0.4 is 10.6 Å². The third kappa shape index (κ3) is 2.66. The average Bonchev–Trinajstić information content (AvgIpc) is 2.68. The number of hydrogen-bond acceptors (Lipinski definition) is 3. The third-order valence-electron chi connectivity index (χ3n) is 3.90. The zero-order chi connectivity index (χ0) is 12.2. The van der Waals surface area contributed by atoms with E-state index in [0.29, 0.717) is 12.1 Å². The van der Waals surface area contributed by atoms with E-state index < -0.39 is 0 Å². The van der Waals surface area contributed by atoms with Crippen molar-refractivity contribution in [1.82, 2.24) is 10.6 Å². The van der Waals surface area contributed by atoms with Gasteiger partial charge in [0, 0.05) is 6.54 Å². The normalized spacial score (nSPS) is 26.8. The first-order valence-electron chi connectivity index (χ1n) is 7.04. The zero-order valence-electron chi connectivity index (χ0n) is 10.7. The highest BCUT2D eigenvalue weighted by Crippen LogP contribution is 2.23. The average molecular weight is 243 g/mol. The highest BCUT2D eigenvalue weighted by atomic mass is 15.2. The van der Waals surface area contributed by atoms with Gasteiger partial charge in [-0.25, -0.2) is 4.99 Å². The smallest absolute Gasteiger partial charge is 0.192 e. The lowest BCUT2D eigenvalue weighted by Crippen LogP contribution is -2.39. The summed E-state index contributed by atoms with van der Waals surface area (Å²) in [5.41, 5.74) is 1.30. The molecule has 1 aromatic rings. The number of aliphatic imine (C=N–C) groups is 1. The number of nitrogens with zero attached hydrogens (tertiary/aromatic N) is 1. The number of hydrogen-bond donors (Lipinski definition) is 2. The van der Waals surface area contributed by atoms with Crippen LogP contribution in [-0.4, -0.2) is 18.0 Å². The van der Waals surface area contributed by atoms with Crippen molar-refractivity contribution < 1.29 is 0 Å². The van der Waals surface area contributed by atoms with Crippen LogP contribution in [0.4, 0.5) is 0 Å². The van der Waals surface area contributed by atoms with Gasteiger partial charge >= 0.3 is 0 Å². The number of rotatable bonds is 2. The Morgan fingerprint density at radius 2 is 1.94 bits per heavy atom. The largest absolute Gasteiger partial charge is 0.352 e. The molecule has 0 bridgehead atoms. The summed E-state index contributed by atoms with van der Waals surface area (Å²) in [5.74, 6) is 0.996. The molecule has 2 aliphatic rings. The van der Waals surface area contributed by atoms with Crippen molar-refractivity contribution in [1.29, 1.82) is 0 Å². The van der Waals surface area contributed by atoms with Crippen LogP contribution in [0.2, 0.25) is 0 Å². The minimum Gasteiger partial charge on any atom is -0.352 e. The second kappa shape index (κ2) is 5.42. The van der Waals surface area contributed by atoms with Crippen LogP contribution in [0.3, 0.4) is 0 Å². The molecule has 3 heteroatoms. The van der Waals surface area contributed by atoms with Crippen LogP contribution in [0.1, 0.15) is 37.7 Å². The summed E-state index contributed by atoms with van der Waals surface area (Å²) in [6.45, 7) is 0.853. The van der Waals surface area contributed by atoms with Gasteiger partial charge in [0.05, 0.1) is 12.1 Å². The lowest BCUT2D eigenvalue weighted by Gasteiger charge is -2.14. The van der Waals surface area contributed by atoms with Gasteiger partial charge in [-0.3, -0.25) is 0 Å². The van der Waals surface area contributed by atoms with E-state index in [0.717, 1.165) is 12.5 Å². The summed E-state index contributed by atoms with van der Waals surface area (Å²) in [6, 6.07) is 11.6. The first-order chi connectivity index (χ1) is 8.92. The lowest BCUT2D eigenvalue weighted by atomic mass is 10.1. The molecule has 1 aromatic carbocycles. The summed E-state index contributed by atoms with van der Waals surface area (Å²) >= 11 is 0. The van der Waals surface area contributed by atoms with Crippen molar-refractivity contribution in [3.63, 3.8) is 0 Å². The molecule has 1 aliphatic heterocycles. The Morgan fingerprint density at radius 3 is 2.83 bits per heavy atom. The van der Waals surface area contributed by atoms with Gasteiger partial charge in [0.2, 0.25) is 0 Å². The molecular weight excluding hydrogens is 222 g/mol. The van der Waals surface area contributed by atoms with Gasteiger partial charge < -0.3 is 10.6 Å². The molecule has 1 saturated carbocycles. The van der Waals surface area contributed by atoms with E-state index in [4.69, 9.17) is 4.99 Å². The summed E-state index contributed by atoms with van der Waals surface area (Å²) in [5, 5.41) is 6.96. The van der Waals surface area contributed by atoms with E-state index in [9.17, 15) is 0 Å². The first-order valence-corrected chi connectivity index (χ1v) is 7.04. The van der Waals surface area contributed by atoms with Gasteiger partial charge in [-0.05, 0) is 18.4 Å². The minimum atomic E-state index is 0.505. The molecular formula is C15H21N3. The Balaban J connectivity index is 1.56. The van der Waals surface area contributed by atoms with Gasteiger partial charge in [0.25, 0.3) is 0 Å². The fourth-order valence-electron chi connectivity index (χ4n) is 2.87. The molecule has 2 atom stereocenters. The molecule has 0 unspecified atom stereocenters. The Morgan fingerprint density at radius 1 is 1.11 bits per heavy atom. The van der Waals surface area contributed by atoms with Crippen molar-refractivity contribution in [3.05, 3.63) is 35.9 Å². The molecule has 0 radical (unpaired) electrons. The summed E-state index contributed by atoms with van der Waals surface area (Å²) < 4.78 is 0. The monoisotopic (exact) mass is 243 g/mol. The molecule has 1 heterocycles. The second-order valence-electron chi connectivity index (χ2n) is 5.27. The molecule has 0 saturated heterocycles. The van der Waals surface area contributed by atoms with Crippen molar-refractivity contribution in [3.8, 4) is 0 Å². The molecule has 1 fully saturated rings. The highest BCUT2D eigenvalue weighted by Gasteiger charge is 2.29. The zero-order valence-corrected chi connectivity index (χ0v) is 10.7. The van der Waals surface area contributed by atoms with E-state index in [1.165, 1.54) is 37.7 Å². The van der Waals surface area contributed by atoms with E-state index in [1.807, 2.05) is 6.07 Å². The van der Waals surface area contributed by atoms with Crippen molar-refractivity contribution >= 4 is 5.96 Å². The van der Waals surface area contributed by atoms with Crippen molar-refractivity contribution in [2.45, 2.75) is 50.7 Å². The van der Waals surface area contributed by atoms with Gasteiger partial charge in [-0.2, -0.15) is 0 Å². The van der Waals surface area contributed by atoms with Crippen LogP contribution >= 0.6 is 0 Å². The lowest BCUT2D eigenvalue weighted by molar-refractivity contribution is 0.498. The van der Waals surface area contributed by atoms with E-state index in [1.54, 1.807) is 0 Å². The minimum absolute atomic E-state index is 0.505. The Bertz CT molecular complexity index is 413. The molecule has 0 aromatic heterocycles. The number of fused-ring (bicyclic) bond motifs is 1. The highest BCUT2D eigenvalue weighted by molar-refractivity contribution is 5.82. The summed E-state index contributed by atoms with van der Waals surface area (Å²) in [6.07, 6.45) is 6.56. The molecule has 0 spiro atoms. The molecule has 1 aliphatic carbocycles. The molecule has 3 rings (SSSR count). The number of nitrogens with one attached hydrogen (secondary N) is 2. The molecule has 96 valence electrons. The molecule has 0 amide bonds. The standard InChI is InChI=1S/C15H21N3/c1-3-7-12(8-4-1)11-16-15-17-13-9-5-2-6-10-14(13)18-15/h1,3-4,7-8,13-14H,2,5-6,9-11H2,(H2,16,17,18)/t13-,14+. The Kier molecular flexibility index (Phi) is 3.49. The van der Waals surface area contributed by atoms with Crippen LogP contribution in [0.25, 0.3) is 0 Å². The fourth-order valence-corrected chi connectivity index (χ4v) is 2.87. The molecule has 2 N–H and O–H groups in total. The van der Waals surface area contributed by atoms with Gasteiger partial charge in [-0.1, -0.05) is 49.6 Å². The van der Waals surface area contributed by atoms with Gasteiger partial charge in [0.15, 0.2) is 5.96 Å². The van der Waals surface area contributed by atoms with Crippen LogP contribution in [0, 0.1) is 0 Å². The third-order valence-corrected chi connectivity index (χ3v) is 3.90. The van der Waals surface area contributed by atoms with E-state index in [2.05, 4.69) is 34.9 Å². The number of guanidine groups is 1. The Hall–Kier alpha value is -1.51. The maximum atomic E-state index is 4.78. The first kappa shape index (κ1) is 11.6. The SMILES string of the molecule is c1ccc(CNC2=N[C@@H]3CCCCC[C@@H]3N2)cc1. The fraction of sp³-hybridized carbons (Fsp3) is 0.533. The van der Waals surface area contributed by atoms with Gasteiger partial charge in [-0.15, -0.1) is 0 Å². The second-order valence-corrected chi connectivity index (χ2v) is 5.27. The van der Waals surface area contributed by atoms with Crippen LogP contribution in [0.5, 0.6) is 0 Å². The van der Waals surface area contributed by atoms with Gasteiger partial charge in [0.1, 0.15) is 0 Å². The van der Waals surface area contributed by atoms with Crippen LogP contribution in [0.15, 0.2) is 35.3 Å². The predicted molar refractivity (Wildman–Crippen MR) is 74.5 cm³/mol. The topological polar surface area (TPSA) is 36.4 Å². The number of benzene rings is 1. The van der Waals surface area contributed by atoms with E-state index in [-0.39, 0.29) is 0 Å². The van der Waals surface area contributed by atoms with Crippen molar-refractivity contribution in [2.75, 3.05) is 0 Å².